The quantitative estimate of drug-likeness (QED) is 0.819. The van der Waals surface area contributed by atoms with Gasteiger partial charge in [-0.3, -0.25) is 0 Å². The summed E-state index contributed by atoms with van der Waals surface area (Å²) in [5.41, 5.74) is 5.05. The Balaban J connectivity index is 2.90. The van der Waals surface area contributed by atoms with Gasteiger partial charge in [0, 0.05) is 4.47 Å². The highest BCUT2D eigenvalue weighted by Crippen LogP contribution is 2.30. The molecule has 2 N–H and O–H groups in total. The summed E-state index contributed by atoms with van der Waals surface area (Å²) in [6.45, 7) is 0. The van der Waals surface area contributed by atoms with Gasteiger partial charge in [0.15, 0.2) is 0 Å². The van der Waals surface area contributed by atoms with Crippen LogP contribution in [0.2, 0.25) is 0 Å². The predicted molar refractivity (Wildman–Crippen MR) is 47.1 cm³/mol. The smallest absolute Gasteiger partial charge is 0.316 e. The number of hydrogen-bond donors (Lipinski definition) is 1. The minimum Gasteiger partial charge on any atom is -0.316 e. The van der Waals surface area contributed by atoms with Gasteiger partial charge in [0.2, 0.25) is 0 Å². The van der Waals surface area contributed by atoms with E-state index in [0.29, 0.717) is 0 Å². The van der Waals surface area contributed by atoms with E-state index in [1.165, 1.54) is 24.3 Å². The first kappa shape index (κ1) is 10.5. The van der Waals surface area contributed by atoms with Crippen molar-refractivity contribution in [3.63, 3.8) is 0 Å². The van der Waals surface area contributed by atoms with Gasteiger partial charge >= 0.3 is 6.18 Å². The maximum absolute atomic E-state index is 12.1. The molecule has 1 aromatic rings. The van der Waals surface area contributed by atoms with Crippen LogP contribution >= 0.6 is 15.9 Å². The normalized spacial score (nSPS) is 14.2. The number of hydrogen-bond acceptors (Lipinski definition) is 1. The lowest BCUT2D eigenvalue weighted by Gasteiger charge is -2.15. The number of alkyl halides is 3. The molecule has 0 saturated carbocycles. The second-order valence-electron chi connectivity index (χ2n) is 2.57. The van der Waals surface area contributed by atoms with Gasteiger partial charge in [-0.1, -0.05) is 28.1 Å². The Morgan fingerprint density at radius 2 is 1.62 bits per heavy atom. The third-order valence-electron chi connectivity index (χ3n) is 1.58. The fourth-order valence-corrected chi connectivity index (χ4v) is 1.12. The van der Waals surface area contributed by atoms with E-state index < -0.39 is 12.2 Å². The molecule has 13 heavy (non-hydrogen) atoms. The van der Waals surface area contributed by atoms with Crippen LogP contribution in [0.1, 0.15) is 11.6 Å². The van der Waals surface area contributed by atoms with Crippen molar-refractivity contribution in [3.05, 3.63) is 34.3 Å². The molecule has 0 fully saturated rings. The van der Waals surface area contributed by atoms with Gasteiger partial charge in [-0.05, 0) is 17.7 Å². The van der Waals surface area contributed by atoms with Gasteiger partial charge in [0.25, 0.3) is 0 Å². The summed E-state index contributed by atoms with van der Waals surface area (Å²) in [5, 5.41) is 0. The van der Waals surface area contributed by atoms with Gasteiger partial charge < -0.3 is 5.73 Å². The van der Waals surface area contributed by atoms with Crippen molar-refractivity contribution < 1.29 is 13.2 Å². The Kier molecular flexibility index (Phi) is 2.98. The van der Waals surface area contributed by atoms with E-state index in [1.807, 2.05) is 0 Å². The van der Waals surface area contributed by atoms with Crippen LogP contribution in [0.4, 0.5) is 13.2 Å². The Hall–Kier alpha value is -0.550. The molecule has 1 nitrogen and oxygen atoms in total. The molecule has 0 radical (unpaired) electrons. The standard InChI is InChI=1S/C8H7BrF3N/c9-6-3-1-5(2-4-6)7(13)8(10,11)12/h1-4,7H,13H2/t7-/m1/s1. The number of rotatable bonds is 1. The Morgan fingerprint density at radius 3 is 2.00 bits per heavy atom. The molecule has 0 unspecified atom stereocenters. The molecule has 0 amide bonds. The second-order valence-corrected chi connectivity index (χ2v) is 3.49. The number of halogens is 4. The molecule has 0 heterocycles. The lowest BCUT2D eigenvalue weighted by atomic mass is 10.1. The zero-order valence-corrected chi connectivity index (χ0v) is 8.06. The number of nitrogens with two attached hydrogens (primary N) is 1. The monoisotopic (exact) mass is 253 g/mol. The van der Waals surface area contributed by atoms with Gasteiger partial charge in [0.1, 0.15) is 6.04 Å². The van der Waals surface area contributed by atoms with Crippen molar-refractivity contribution in [2.24, 2.45) is 5.73 Å². The highest BCUT2D eigenvalue weighted by molar-refractivity contribution is 9.10. The summed E-state index contributed by atoms with van der Waals surface area (Å²) in [5.74, 6) is 0. The maximum Gasteiger partial charge on any atom is 0.407 e. The maximum atomic E-state index is 12.1. The summed E-state index contributed by atoms with van der Waals surface area (Å²) in [4.78, 5) is 0. The van der Waals surface area contributed by atoms with E-state index >= 15 is 0 Å². The van der Waals surface area contributed by atoms with E-state index in [2.05, 4.69) is 15.9 Å². The second kappa shape index (κ2) is 3.67. The van der Waals surface area contributed by atoms with Crippen LogP contribution in [0.5, 0.6) is 0 Å². The molecule has 5 heteroatoms. The van der Waals surface area contributed by atoms with Crippen LogP contribution in [0.25, 0.3) is 0 Å². The molecule has 0 saturated heterocycles. The summed E-state index contributed by atoms with van der Waals surface area (Å²) in [6.07, 6.45) is -4.38. The van der Waals surface area contributed by atoms with Crippen LogP contribution in [-0.2, 0) is 0 Å². The Labute approximate surface area is 81.9 Å². The molecule has 1 aromatic carbocycles. The van der Waals surface area contributed by atoms with Crippen LogP contribution < -0.4 is 5.73 Å². The van der Waals surface area contributed by atoms with Crippen molar-refractivity contribution in [2.45, 2.75) is 12.2 Å². The molecule has 1 rings (SSSR count). The SMILES string of the molecule is N[C@H](c1ccc(Br)cc1)C(F)(F)F. The van der Waals surface area contributed by atoms with Crippen LogP contribution in [0.3, 0.4) is 0 Å². The Morgan fingerprint density at radius 1 is 1.15 bits per heavy atom. The molecular formula is C8H7BrF3N. The van der Waals surface area contributed by atoms with Crippen LogP contribution in [0.15, 0.2) is 28.7 Å². The highest BCUT2D eigenvalue weighted by atomic mass is 79.9. The first-order valence-electron chi connectivity index (χ1n) is 3.49. The first-order chi connectivity index (χ1) is 5.91. The predicted octanol–water partition coefficient (Wildman–Crippen LogP) is 3.01. The summed E-state index contributed by atoms with van der Waals surface area (Å²) in [6, 6.07) is 3.85. The fraction of sp³-hybridized carbons (Fsp3) is 0.250. The van der Waals surface area contributed by atoms with E-state index in [0.717, 1.165) is 4.47 Å². The molecular weight excluding hydrogens is 247 g/mol. The van der Waals surface area contributed by atoms with E-state index in [9.17, 15) is 13.2 Å². The van der Waals surface area contributed by atoms with Crippen molar-refractivity contribution in [2.75, 3.05) is 0 Å². The van der Waals surface area contributed by atoms with Crippen molar-refractivity contribution in [1.82, 2.24) is 0 Å². The number of benzene rings is 1. The third-order valence-corrected chi connectivity index (χ3v) is 2.11. The van der Waals surface area contributed by atoms with Gasteiger partial charge in [-0.15, -0.1) is 0 Å². The average molecular weight is 254 g/mol. The topological polar surface area (TPSA) is 26.0 Å². The molecule has 0 bridgehead atoms. The van der Waals surface area contributed by atoms with Crippen LogP contribution in [-0.4, -0.2) is 6.18 Å². The molecule has 0 aliphatic heterocycles. The molecule has 1 atom stereocenters. The van der Waals surface area contributed by atoms with E-state index in [-0.39, 0.29) is 5.56 Å². The van der Waals surface area contributed by atoms with Gasteiger partial charge in [0.05, 0.1) is 0 Å². The lowest BCUT2D eigenvalue weighted by molar-refractivity contribution is -0.149. The third kappa shape index (κ3) is 2.70. The van der Waals surface area contributed by atoms with Crippen molar-refractivity contribution >= 4 is 15.9 Å². The average Bonchev–Trinajstić information content (AvgIpc) is 2.03. The Bertz CT molecular complexity index is 280. The van der Waals surface area contributed by atoms with Crippen LogP contribution in [0, 0.1) is 0 Å². The van der Waals surface area contributed by atoms with E-state index in [4.69, 9.17) is 5.73 Å². The fourth-order valence-electron chi connectivity index (χ4n) is 0.859. The molecule has 0 aliphatic rings. The zero-order valence-electron chi connectivity index (χ0n) is 6.48. The lowest BCUT2D eigenvalue weighted by Crippen LogP contribution is -2.28. The molecule has 72 valence electrons. The first-order valence-corrected chi connectivity index (χ1v) is 4.28. The van der Waals surface area contributed by atoms with Gasteiger partial charge in [-0.2, -0.15) is 13.2 Å². The molecule has 0 spiro atoms. The molecule has 0 aromatic heterocycles. The minimum absolute atomic E-state index is 0.0655. The zero-order chi connectivity index (χ0) is 10.1. The van der Waals surface area contributed by atoms with Gasteiger partial charge in [-0.25, -0.2) is 0 Å². The van der Waals surface area contributed by atoms with Crippen molar-refractivity contribution in [1.29, 1.82) is 0 Å². The largest absolute Gasteiger partial charge is 0.407 e. The summed E-state index contributed by atoms with van der Waals surface area (Å²) in [7, 11) is 0. The summed E-state index contributed by atoms with van der Waals surface area (Å²) >= 11 is 3.12. The van der Waals surface area contributed by atoms with E-state index in [1.54, 1.807) is 0 Å². The minimum atomic E-state index is -4.38. The summed E-state index contributed by atoms with van der Waals surface area (Å²) < 4.78 is 37.0. The van der Waals surface area contributed by atoms with Crippen molar-refractivity contribution in [3.8, 4) is 0 Å². The highest BCUT2D eigenvalue weighted by Gasteiger charge is 2.37. The molecule has 0 aliphatic carbocycles.